The standard InChI is InChI=1S/C10H9ClN4O3S/c1-12-10-8(13-14-19-10)5-18-9-3-2-6(15(16)17)4-7(9)11/h2-4,12H,5H2,1H3. The summed E-state index contributed by atoms with van der Waals surface area (Å²) >= 11 is 7.13. The van der Waals surface area contributed by atoms with Gasteiger partial charge in [0.25, 0.3) is 5.69 Å². The summed E-state index contributed by atoms with van der Waals surface area (Å²) in [5.74, 6) is 0.363. The third-order valence-corrected chi connectivity index (χ3v) is 3.35. The lowest BCUT2D eigenvalue weighted by atomic mass is 10.3. The first kappa shape index (κ1) is 13.5. The van der Waals surface area contributed by atoms with Gasteiger partial charge in [-0.3, -0.25) is 10.1 Å². The van der Waals surface area contributed by atoms with Crippen LogP contribution in [0.15, 0.2) is 18.2 Å². The highest BCUT2D eigenvalue weighted by Crippen LogP contribution is 2.29. The predicted octanol–water partition coefficient (Wildman–Crippen LogP) is 2.72. The van der Waals surface area contributed by atoms with Crippen LogP contribution in [0, 0.1) is 10.1 Å². The molecular formula is C10H9ClN4O3S. The quantitative estimate of drug-likeness (QED) is 0.674. The number of rotatable bonds is 5. The first-order valence-electron chi connectivity index (χ1n) is 5.17. The van der Waals surface area contributed by atoms with Crippen molar-refractivity contribution in [1.29, 1.82) is 0 Å². The zero-order chi connectivity index (χ0) is 13.8. The molecule has 0 unspecified atom stereocenters. The molecule has 0 spiro atoms. The zero-order valence-electron chi connectivity index (χ0n) is 9.79. The summed E-state index contributed by atoms with van der Waals surface area (Å²) in [7, 11) is 1.76. The van der Waals surface area contributed by atoms with Gasteiger partial charge in [0.05, 0.1) is 9.95 Å². The highest BCUT2D eigenvalue weighted by molar-refractivity contribution is 7.10. The van der Waals surface area contributed by atoms with E-state index in [1.807, 2.05) is 0 Å². The summed E-state index contributed by atoms with van der Waals surface area (Å²) in [4.78, 5) is 10.1. The van der Waals surface area contributed by atoms with E-state index in [1.165, 1.54) is 29.7 Å². The summed E-state index contributed by atoms with van der Waals surface area (Å²) < 4.78 is 9.26. The smallest absolute Gasteiger partial charge is 0.271 e. The molecule has 19 heavy (non-hydrogen) atoms. The molecule has 0 saturated carbocycles. The molecule has 7 nitrogen and oxygen atoms in total. The van der Waals surface area contributed by atoms with Crippen molar-refractivity contribution in [2.75, 3.05) is 12.4 Å². The van der Waals surface area contributed by atoms with Gasteiger partial charge in [-0.15, -0.1) is 5.10 Å². The van der Waals surface area contributed by atoms with Gasteiger partial charge in [0.2, 0.25) is 0 Å². The number of halogens is 1. The Balaban J connectivity index is 2.10. The molecule has 9 heteroatoms. The molecule has 0 aliphatic heterocycles. The Hall–Kier alpha value is -1.93. The maximum Gasteiger partial charge on any atom is 0.271 e. The minimum Gasteiger partial charge on any atom is -0.486 e. The lowest BCUT2D eigenvalue weighted by molar-refractivity contribution is -0.384. The fourth-order valence-electron chi connectivity index (χ4n) is 1.36. The number of hydrogen-bond acceptors (Lipinski definition) is 7. The molecule has 0 amide bonds. The van der Waals surface area contributed by atoms with E-state index in [9.17, 15) is 10.1 Å². The molecule has 1 aromatic carbocycles. The molecule has 100 valence electrons. The van der Waals surface area contributed by atoms with Gasteiger partial charge in [-0.2, -0.15) is 0 Å². The highest BCUT2D eigenvalue weighted by Gasteiger charge is 2.12. The lowest BCUT2D eigenvalue weighted by Crippen LogP contribution is -2.00. The van der Waals surface area contributed by atoms with Crippen LogP contribution in [0.25, 0.3) is 0 Å². The number of nitrogens with zero attached hydrogens (tertiary/aromatic N) is 3. The van der Waals surface area contributed by atoms with Crippen molar-refractivity contribution in [3.63, 3.8) is 0 Å². The normalized spacial score (nSPS) is 10.2. The Morgan fingerprint density at radius 3 is 3.00 bits per heavy atom. The number of benzene rings is 1. The third-order valence-electron chi connectivity index (χ3n) is 2.27. The summed E-state index contributed by atoms with van der Waals surface area (Å²) in [6, 6.07) is 4.04. The summed E-state index contributed by atoms with van der Waals surface area (Å²) in [5, 5.41) is 18.4. The molecule has 0 bridgehead atoms. The van der Waals surface area contributed by atoms with Crippen LogP contribution < -0.4 is 10.1 Å². The molecular weight excluding hydrogens is 292 g/mol. The van der Waals surface area contributed by atoms with Gasteiger partial charge in [-0.25, -0.2) is 0 Å². The highest BCUT2D eigenvalue weighted by atomic mass is 35.5. The number of anilines is 1. The van der Waals surface area contributed by atoms with E-state index in [2.05, 4.69) is 14.9 Å². The number of non-ortho nitro benzene ring substituents is 1. The minimum absolute atomic E-state index is 0.0800. The van der Waals surface area contributed by atoms with Crippen molar-refractivity contribution in [1.82, 2.24) is 9.59 Å². The van der Waals surface area contributed by atoms with Crippen LogP contribution in [0.4, 0.5) is 10.7 Å². The van der Waals surface area contributed by atoms with Crippen LogP contribution in [0.5, 0.6) is 5.75 Å². The van der Waals surface area contributed by atoms with E-state index in [-0.39, 0.29) is 17.3 Å². The molecule has 1 N–H and O–H groups in total. The number of nitrogens with one attached hydrogen (secondary N) is 1. The van der Waals surface area contributed by atoms with Gasteiger partial charge in [0.1, 0.15) is 23.1 Å². The molecule has 2 aromatic rings. The fourth-order valence-corrected chi connectivity index (χ4v) is 2.11. The Bertz CT molecular complexity index is 604. The van der Waals surface area contributed by atoms with E-state index in [4.69, 9.17) is 16.3 Å². The maximum atomic E-state index is 10.6. The average Bonchev–Trinajstić information content (AvgIpc) is 2.84. The van der Waals surface area contributed by atoms with Gasteiger partial charge in [0.15, 0.2) is 0 Å². The van der Waals surface area contributed by atoms with E-state index in [0.29, 0.717) is 11.4 Å². The maximum absolute atomic E-state index is 10.6. The first-order valence-corrected chi connectivity index (χ1v) is 6.32. The predicted molar refractivity (Wildman–Crippen MR) is 71.9 cm³/mol. The van der Waals surface area contributed by atoms with Crippen LogP contribution in [-0.2, 0) is 6.61 Å². The average molecular weight is 301 g/mol. The first-order chi connectivity index (χ1) is 9.11. The second-order valence-electron chi connectivity index (χ2n) is 3.46. The van der Waals surface area contributed by atoms with Gasteiger partial charge < -0.3 is 10.1 Å². The van der Waals surface area contributed by atoms with Gasteiger partial charge in [-0.1, -0.05) is 16.1 Å². The van der Waals surface area contributed by atoms with Crippen molar-refractivity contribution in [3.8, 4) is 5.75 Å². The summed E-state index contributed by atoms with van der Waals surface area (Å²) in [5.41, 5.74) is 0.575. The number of ether oxygens (including phenoxy) is 1. The van der Waals surface area contributed by atoms with Crippen molar-refractivity contribution >= 4 is 33.8 Å². The van der Waals surface area contributed by atoms with Crippen molar-refractivity contribution in [2.45, 2.75) is 6.61 Å². The molecule has 0 aliphatic rings. The molecule has 0 fully saturated rings. The third kappa shape index (κ3) is 3.09. The second-order valence-corrected chi connectivity index (χ2v) is 4.62. The lowest BCUT2D eigenvalue weighted by Gasteiger charge is -2.06. The molecule has 2 rings (SSSR count). The topological polar surface area (TPSA) is 90.2 Å². The van der Waals surface area contributed by atoms with Crippen LogP contribution in [0.2, 0.25) is 5.02 Å². The Labute approximate surface area is 117 Å². The van der Waals surface area contributed by atoms with Gasteiger partial charge in [-0.05, 0) is 6.07 Å². The van der Waals surface area contributed by atoms with E-state index in [1.54, 1.807) is 7.05 Å². The SMILES string of the molecule is CNc1snnc1COc1ccc([N+](=O)[O-])cc1Cl. The van der Waals surface area contributed by atoms with E-state index in [0.717, 1.165) is 5.00 Å². The van der Waals surface area contributed by atoms with Crippen molar-refractivity contribution in [2.24, 2.45) is 0 Å². The van der Waals surface area contributed by atoms with Crippen molar-refractivity contribution < 1.29 is 9.66 Å². The van der Waals surface area contributed by atoms with Crippen LogP contribution >= 0.6 is 23.1 Å². The van der Waals surface area contributed by atoms with Crippen molar-refractivity contribution in [3.05, 3.63) is 39.0 Å². The zero-order valence-corrected chi connectivity index (χ0v) is 11.4. The molecule has 0 saturated heterocycles. The summed E-state index contributed by atoms with van der Waals surface area (Å²) in [6.45, 7) is 0.185. The van der Waals surface area contributed by atoms with E-state index < -0.39 is 4.92 Å². The minimum atomic E-state index is -0.515. The molecule has 1 heterocycles. The Morgan fingerprint density at radius 1 is 1.58 bits per heavy atom. The second kappa shape index (κ2) is 5.81. The number of hydrogen-bond donors (Lipinski definition) is 1. The molecule has 1 aromatic heterocycles. The number of nitro groups is 1. The largest absolute Gasteiger partial charge is 0.486 e. The fraction of sp³-hybridized carbons (Fsp3) is 0.200. The summed E-state index contributed by atoms with van der Waals surface area (Å²) in [6.07, 6.45) is 0. The number of aromatic nitrogens is 2. The molecule has 0 aliphatic carbocycles. The number of nitro benzene ring substituents is 1. The molecule has 0 atom stereocenters. The molecule has 0 radical (unpaired) electrons. The van der Waals surface area contributed by atoms with Gasteiger partial charge >= 0.3 is 0 Å². The van der Waals surface area contributed by atoms with Gasteiger partial charge in [0, 0.05) is 30.7 Å². The monoisotopic (exact) mass is 300 g/mol. The Kier molecular flexibility index (Phi) is 4.13. The van der Waals surface area contributed by atoms with E-state index >= 15 is 0 Å². The van der Waals surface area contributed by atoms with Crippen LogP contribution in [0.1, 0.15) is 5.69 Å². The van der Waals surface area contributed by atoms with Crippen LogP contribution in [0.3, 0.4) is 0 Å². The van der Waals surface area contributed by atoms with Crippen LogP contribution in [-0.4, -0.2) is 21.6 Å². The Morgan fingerprint density at radius 2 is 2.37 bits per heavy atom.